The van der Waals surface area contributed by atoms with Gasteiger partial charge < -0.3 is 15.2 Å². The summed E-state index contributed by atoms with van der Waals surface area (Å²) in [7, 11) is 0. The minimum Gasteiger partial charge on any atom is -0.389 e. The molecule has 0 unspecified atom stereocenters. The van der Waals surface area contributed by atoms with E-state index < -0.39 is 0 Å². The van der Waals surface area contributed by atoms with Gasteiger partial charge in [-0.1, -0.05) is 6.92 Å². The van der Waals surface area contributed by atoms with Crippen molar-refractivity contribution in [2.45, 2.75) is 31.9 Å². The molecule has 2 atom stereocenters. The summed E-state index contributed by atoms with van der Waals surface area (Å²) in [4.78, 5) is 0. The summed E-state index contributed by atoms with van der Waals surface area (Å²) in [5, 5.41) is 12.8. The molecule has 1 aliphatic heterocycles. The molecule has 0 aromatic carbocycles. The Hall–Kier alpha value is -0.120. The SMILES string of the molecule is CC1CC(CN[C@@H]2COC[C@H]2O)C1. The van der Waals surface area contributed by atoms with Crippen LogP contribution in [0, 0.1) is 11.8 Å². The third-order valence-corrected chi connectivity index (χ3v) is 3.19. The van der Waals surface area contributed by atoms with Crippen molar-refractivity contribution < 1.29 is 9.84 Å². The summed E-state index contributed by atoms with van der Waals surface area (Å²) in [6, 6.07) is 0.177. The Kier molecular flexibility index (Phi) is 2.86. The Morgan fingerprint density at radius 2 is 2.15 bits per heavy atom. The van der Waals surface area contributed by atoms with Gasteiger partial charge in [0.05, 0.1) is 25.4 Å². The zero-order valence-electron chi connectivity index (χ0n) is 8.20. The van der Waals surface area contributed by atoms with Crippen LogP contribution in [0.15, 0.2) is 0 Å². The lowest BCUT2D eigenvalue weighted by atomic mass is 9.76. The first-order valence-electron chi connectivity index (χ1n) is 5.25. The van der Waals surface area contributed by atoms with Crippen molar-refractivity contribution in [3.63, 3.8) is 0 Å². The van der Waals surface area contributed by atoms with Gasteiger partial charge in [-0.3, -0.25) is 0 Å². The minimum absolute atomic E-state index is 0.177. The van der Waals surface area contributed by atoms with Crippen LogP contribution >= 0.6 is 0 Å². The number of hydrogen-bond donors (Lipinski definition) is 2. The topological polar surface area (TPSA) is 41.5 Å². The average molecular weight is 185 g/mol. The molecule has 2 rings (SSSR count). The molecule has 1 saturated heterocycles. The summed E-state index contributed by atoms with van der Waals surface area (Å²) in [6.45, 7) is 4.52. The van der Waals surface area contributed by atoms with Crippen molar-refractivity contribution in [2.24, 2.45) is 11.8 Å². The molecule has 0 amide bonds. The maximum atomic E-state index is 9.46. The van der Waals surface area contributed by atoms with Gasteiger partial charge in [-0.25, -0.2) is 0 Å². The highest BCUT2D eigenvalue weighted by molar-refractivity contribution is 4.84. The molecule has 3 heteroatoms. The zero-order valence-corrected chi connectivity index (χ0v) is 8.20. The van der Waals surface area contributed by atoms with E-state index in [9.17, 15) is 5.11 Å². The summed E-state index contributed by atoms with van der Waals surface area (Å²) in [6.07, 6.45) is 2.39. The monoisotopic (exact) mass is 185 g/mol. The van der Waals surface area contributed by atoms with Crippen molar-refractivity contribution in [2.75, 3.05) is 19.8 Å². The Bertz CT molecular complexity index is 168. The number of nitrogens with one attached hydrogen (secondary N) is 1. The smallest absolute Gasteiger partial charge is 0.0948 e. The van der Waals surface area contributed by atoms with E-state index in [2.05, 4.69) is 12.2 Å². The van der Waals surface area contributed by atoms with Gasteiger partial charge in [-0.15, -0.1) is 0 Å². The van der Waals surface area contributed by atoms with E-state index in [1.54, 1.807) is 0 Å². The third kappa shape index (κ3) is 2.22. The molecule has 1 saturated carbocycles. The molecule has 13 heavy (non-hydrogen) atoms. The summed E-state index contributed by atoms with van der Waals surface area (Å²) >= 11 is 0. The number of rotatable bonds is 3. The summed E-state index contributed by atoms with van der Waals surface area (Å²) in [5.41, 5.74) is 0. The maximum Gasteiger partial charge on any atom is 0.0948 e. The highest BCUT2D eigenvalue weighted by Crippen LogP contribution is 2.32. The molecule has 0 aromatic rings. The molecule has 76 valence electrons. The molecule has 3 nitrogen and oxygen atoms in total. The van der Waals surface area contributed by atoms with Crippen molar-refractivity contribution in [3.05, 3.63) is 0 Å². The fraction of sp³-hybridized carbons (Fsp3) is 1.00. The van der Waals surface area contributed by atoms with Crippen molar-refractivity contribution in [1.29, 1.82) is 0 Å². The van der Waals surface area contributed by atoms with Gasteiger partial charge >= 0.3 is 0 Å². The van der Waals surface area contributed by atoms with E-state index in [0.717, 1.165) is 18.4 Å². The first-order chi connectivity index (χ1) is 6.25. The Morgan fingerprint density at radius 1 is 1.38 bits per heavy atom. The standard InChI is InChI=1S/C10H19NO2/c1-7-2-8(3-7)4-11-9-5-13-6-10(9)12/h7-12H,2-6H2,1H3/t7?,8?,9-,10-/m1/s1. The molecule has 1 heterocycles. The lowest BCUT2D eigenvalue weighted by molar-refractivity contribution is 0.120. The van der Waals surface area contributed by atoms with E-state index in [1.165, 1.54) is 12.8 Å². The van der Waals surface area contributed by atoms with Crippen LogP contribution in [-0.2, 0) is 4.74 Å². The Morgan fingerprint density at radius 3 is 2.69 bits per heavy atom. The Labute approximate surface area is 79.5 Å². The first kappa shape index (κ1) is 9.44. The van der Waals surface area contributed by atoms with Gasteiger partial charge in [0, 0.05) is 0 Å². The Balaban J connectivity index is 1.62. The number of hydrogen-bond acceptors (Lipinski definition) is 3. The molecule has 0 spiro atoms. The second kappa shape index (κ2) is 3.95. The third-order valence-electron chi connectivity index (χ3n) is 3.19. The first-order valence-corrected chi connectivity index (χ1v) is 5.25. The molecular formula is C10H19NO2. The fourth-order valence-electron chi connectivity index (χ4n) is 2.29. The van der Waals surface area contributed by atoms with Gasteiger partial charge in [0.15, 0.2) is 0 Å². The minimum atomic E-state index is -0.294. The van der Waals surface area contributed by atoms with Gasteiger partial charge in [-0.05, 0) is 31.2 Å². The molecule has 2 N–H and O–H groups in total. The van der Waals surface area contributed by atoms with Crippen LogP contribution < -0.4 is 5.32 Å². The normalized spacial score (nSPS) is 44.8. The summed E-state index contributed by atoms with van der Waals surface area (Å²) < 4.78 is 5.16. The largest absolute Gasteiger partial charge is 0.389 e. The second-order valence-electron chi connectivity index (χ2n) is 4.56. The van der Waals surface area contributed by atoms with E-state index >= 15 is 0 Å². The van der Waals surface area contributed by atoms with E-state index in [1.807, 2.05) is 0 Å². The number of aliphatic hydroxyl groups is 1. The molecular weight excluding hydrogens is 166 g/mol. The van der Waals surface area contributed by atoms with E-state index in [-0.39, 0.29) is 12.1 Å². The van der Waals surface area contributed by atoms with E-state index in [0.29, 0.717) is 13.2 Å². The predicted octanol–water partition coefficient (Wildman–Crippen LogP) is 0.382. The zero-order chi connectivity index (χ0) is 9.26. The highest BCUT2D eigenvalue weighted by atomic mass is 16.5. The van der Waals surface area contributed by atoms with Crippen LogP contribution in [0.5, 0.6) is 0 Å². The maximum absolute atomic E-state index is 9.46. The lowest BCUT2D eigenvalue weighted by Crippen LogP contribution is -2.43. The number of ether oxygens (including phenoxy) is 1. The van der Waals surface area contributed by atoms with Gasteiger partial charge in [0.1, 0.15) is 0 Å². The lowest BCUT2D eigenvalue weighted by Gasteiger charge is -2.33. The van der Waals surface area contributed by atoms with Crippen LogP contribution in [0.3, 0.4) is 0 Å². The van der Waals surface area contributed by atoms with Crippen molar-refractivity contribution in [1.82, 2.24) is 5.32 Å². The molecule has 2 fully saturated rings. The summed E-state index contributed by atoms with van der Waals surface area (Å²) in [5.74, 6) is 1.75. The van der Waals surface area contributed by atoms with Crippen LogP contribution in [0.4, 0.5) is 0 Å². The van der Waals surface area contributed by atoms with Gasteiger partial charge in [-0.2, -0.15) is 0 Å². The quantitative estimate of drug-likeness (QED) is 0.668. The van der Waals surface area contributed by atoms with Crippen molar-refractivity contribution >= 4 is 0 Å². The molecule has 2 aliphatic rings. The van der Waals surface area contributed by atoms with Crippen LogP contribution in [-0.4, -0.2) is 37.0 Å². The van der Waals surface area contributed by atoms with Crippen molar-refractivity contribution in [3.8, 4) is 0 Å². The van der Waals surface area contributed by atoms with Gasteiger partial charge in [0.25, 0.3) is 0 Å². The second-order valence-corrected chi connectivity index (χ2v) is 4.56. The highest BCUT2D eigenvalue weighted by Gasteiger charge is 2.29. The van der Waals surface area contributed by atoms with Crippen LogP contribution in [0.25, 0.3) is 0 Å². The van der Waals surface area contributed by atoms with E-state index in [4.69, 9.17) is 4.74 Å². The fourth-order valence-corrected chi connectivity index (χ4v) is 2.29. The predicted molar refractivity (Wildman–Crippen MR) is 50.5 cm³/mol. The van der Waals surface area contributed by atoms with Crippen LogP contribution in [0.1, 0.15) is 19.8 Å². The molecule has 0 radical (unpaired) electrons. The van der Waals surface area contributed by atoms with Gasteiger partial charge in [0.2, 0.25) is 0 Å². The molecule has 0 bridgehead atoms. The molecule has 1 aliphatic carbocycles. The molecule has 0 aromatic heterocycles. The van der Waals surface area contributed by atoms with Crippen LogP contribution in [0.2, 0.25) is 0 Å². The number of aliphatic hydroxyl groups excluding tert-OH is 1. The average Bonchev–Trinajstić information content (AvgIpc) is 2.43.